The van der Waals surface area contributed by atoms with Crippen LogP contribution in [0.25, 0.3) is 0 Å². The molecular formula is C11H13BrN2O. The van der Waals surface area contributed by atoms with Crippen LogP contribution in [0, 0.1) is 11.3 Å². The lowest BCUT2D eigenvalue weighted by Crippen LogP contribution is -2.26. The number of hydrogen-bond acceptors (Lipinski definition) is 3. The minimum Gasteiger partial charge on any atom is -0.395 e. The molecule has 0 aromatic heterocycles. The van der Waals surface area contributed by atoms with Crippen molar-refractivity contribution >= 4 is 21.6 Å². The molecule has 0 saturated heterocycles. The van der Waals surface area contributed by atoms with Crippen LogP contribution in [0.15, 0.2) is 22.7 Å². The van der Waals surface area contributed by atoms with Crippen LogP contribution in [0.3, 0.4) is 0 Å². The van der Waals surface area contributed by atoms with Crippen molar-refractivity contribution in [2.75, 3.05) is 24.6 Å². The number of halogens is 1. The number of nitrogens with zero attached hydrogens (tertiary/aromatic N) is 2. The van der Waals surface area contributed by atoms with Crippen LogP contribution in [0.5, 0.6) is 0 Å². The van der Waals surface area contributed by atoms with Crippen LogP contribution in [0.2, 0.25) is 0 Å². The van der Waals surface area contributed by atoms with Crippen LogP contribution in [-0.4, -0.2) is 24.8 Å². The average Bonchev–Trinajstić information content (AvgIpc) is 2.26. The molecule has 1 N–H and O–H groups in total. The second-order valence-electron chi connectivity index (χ2n) is 3.08. The summed E-state index contributed by atoms with van der Waals surface area (Å²) in [5.74, 6) is 0. The van der Waals surface area contributed by atoms with Gasteiger partial charge in [-0.2, -0.15) is 5.26 Å². The van der Waals surface area contributed by atoms with Gasteiger partial charge in [-0.3, -0.25) is 0 Å². The second-order valence-corrected chi connectivity index (χ2v) is 3.94. The maximum absolute atomic E-state index is 8.91. The highest BCUT2D eigenvalue weighted by Gasteiger charge is 2.08. The molecule has 4 heteroatoms. The van der Waals surface area contributed by atoms with E-state index in [0.717, 1.165) is 16.7 Å². The van der Waals surface area contributed by atoms with E-state index in [4.69, 9.17) is 10.4 Å². The highest BCUT2D eigenvalue weighted by Crippen LogP contribution is 2.26. The SMILES string of the molecule is CCN(CCO)c1ccc(C#N)cc1Br. The third kappa shape index (κ3) is 2.95. The molecule has 3 nitrogen and oxygen atoms in total. The van der Waals surface area contributed by atoms with E-state index in [2.05, 4.69) is 22.0 Å². The largest absolute Gasteiger partial charge is 0.395 e. The summed E-state index contributed by atoms with van der Waals surface area (Å²) in [6, 6.07) is 7.54. The standard InChI is InChI=1S/C11H13BrN2O/c1-2-14(5-6-15)11-4-3-9(8-13)7-10(11)12/h3-4,7,15H,2,5-6H2,1H3. The number of likely N-dealkylation sites (N-methyl/N-ethyl adjacent to an activating group) is 1. The maximum atomic E-state index is 8.91. The van der Waals surface area contributed by atoms with Gasteiger partial charge in [-0.1, -0.05) is 0 Å². The molecule has 0 heterocycles. The Morgan fingerprint density at radius 2 is 2.27 bits per heavy atom. The Balaban J connectivity index is 2.98. The van der Waals surface area contributed by atoms with E-state index in [1.54, 1.807) is 12.1 Å². The van der Waals surface area contributed by atoms with Crippen molar-refractivity contribution in [1.29, 1.82) is 5.26 Å². The third-order valence-corrected chi connectivity index (χ3v) is 2.80. The first-order valence-electron chi connectivity index (χ1n) is 4.78. The summed E-state index contributed by atoms with van der Waals surface area (Å²) in [5.41, 5.74) is 1.64. The van der Waals surface area contributed by atoms with Gasteiger partial charge in [0.1, 0.15) is 0 Å². The number of nitriles is 1. The van der Waals surface area contributed by atoms with Gasteiger partial charge in [0.2, 0.25) is 0 Å². The van der Waals surface area contributed by atoms with Gasteiger partial charge in [-0.05, 0) is 41.1 Å². The summed E-state index contributed by atoms with van der Waals surface area (Å²) >= 11 is 3.42. The molecule has 0 spiro atoms. The molecule has 1 aromatic carbocycles. The predicted octanol–water partition coefficient (Wildman–Crippen LogP) is 2.14. The number of hydrogen-bond donors (Lipinski definition) is 1. The molecule has 0 amide bonds. The maximum Gasteiger partial charge on any atom is 0.0992 e. The molecule has 0 saturated carbocycles. The lowest BCUT2D eigenvalue weighted by Gasteiger charge is -2.23. The number of anilines is 1. The predicted molar refractivity (Wildman–Crippen MR) is 63.8 cm³/mol. The van der Waals surface area contributed by atoms with Crippen LogP contribution in [0.1, 0.15) is 12.5 Å². The topological polar surface area (TPSA) is 47.3 Å². The van der Waals surface area contributed by atoms with E-state index >= 15 is 0 Å². The summed E-state index contributed by atoms with van der Waals surface area (Å²) < 4.78 is 0.886. The molecule has 0 unspecified atom stereocenters. The first kappa shape index (κ1) is 12.0. The van der Waals surface area contributed by atoms with Gasteiger partial charge >= 0.3 is 0 Å². The van der Waals surface area contributed by atoms with E-state index in [0.29, 0.717) is 12.1 Å². The Bertz CT molecular complexity index is 373. The fraction of sp³-hybridized carbons (Fsp3) is 0.364. The van der Waals surface area contributed by atoms with Gasteiger partial charge in [-0.15, -0.1) is 0 Å². The van der Waals surface area contributed by atoms with Crippen molar-refractivity contribution in [3.05, 3.63) is 28.2 Å². The Hall–Kier alpha value is -1.05. The van der Waals surface area contributed by atoms with Crippen LogP contribution in [-0.2, 0) is 0 Å². The van der Waals surface area contributed by atoms with Crippen molar-refractivity contribution in [2.24, 2.45) is 0 Å². The molecule has 80 valence electrons. The Labute approximate surface area is 98.1 Å². The van der Waals surface area contributed by atoms with Crippen LogP contribution < -0.4 is 4.90 Å². The highest BCUT2D eigenvalue weighted by molar-refractivity contribution is 9.10. The molecule has 0 atom stereocenters. The Kier molecular flexibility index (Phi) is 4.60. The number of aliphatic hydroxyl groups is 1. The van der Waals surface area contributed by atoms with Crippen molar-refractivity contribution in [3.8, 4) is 6.07 Å². The van der Waals surface area contributed by atoms with Gasteiger partial charge in [-0.25, -0.2) is 0 Å². The zero-order chi connectivity index (χ0) is 11.3. The van der Waals surface area contributed by atoms with Gasteiger partial charge in [0.25, 0.3) is 0 Å². The zero-order valence-electron chi connectivity index (χ0n) is 8.57. The fourth-order valence-electron chi connectivity index (χ4n) is 1.40. The van der Waals surface area contributed by atoms with Crippen molar-refractivity contribution in [1.82, 2.24) is 0 Å². The fourth-order valence-corrected chi connectivity index (χ4v) is 2.03. The van der Waals surface area contributed by atoms with E-state index in [9.17, 15) is 0 Å². The second kappa shape index (κ2) is 5.74. The smallest absolute Gasteiger partial charge is 0.0992 e. The number of rotatable bonds is 4. The summed E-state index contributed by atoms with van der Waals surface area (Å²) in [6.07, 6.45) is 0. The number of benzene rings is 1. The van der Waals surface area contributed by atoms with Crippen molar-refractivity contribution in [2.45, 2.75) is 6.92 Å². The summed E-state index contributed by atoms with van der Waals surface area (Å²) in [5, 5.41) is 17.6. The van der Waals surface area contributed by atoms with Crippen molar-refractivity contribution < 1.29 is 5.11 Å². The van der Waals surface area contributed by atoms with Gasteiger partial charge in [0.05, 0.1) is 23.9 Å². The molecule has 0 fully saturated rings. The Morgan fingerprint density at radius 3 is 2.73 bits per heavy atom. The van der Waals surface area contributed by atoms with Crippen LogP contribution >= 0.6 is 15.9 Å². The van der Waals surface area contributed by atoms with Crippen LogP contribution in [0.4, 0.5) is 5.69 Å². The van der Waals surface area contributed by atoms with Crippen molar-refractivity contribution in [3.63, 3.8) is 0 Å². The summed E-state index contributed by atoms with van der Waals surface area (Å²) in [7, 11) is 0. The number of aliphatic hydroxyl groups excluding tert-OH is 1. The molecule has 1 rings (SSSR count). The monoisotopic (exact) mass is 268 g/mol. The minimum absolute atomic E-state index is 0.125. The van der Waals surface area contributed by atoms with E-state index in [-0.39, 0.29) is 6.61 Å². The van der Waals surface area contributed by atoms with E-state index in [1.807, 2.05) is 17.9 Å². The first-order valence-corrected chi connectivity index (χ1v) is 5.57. The molecule has 0 radical (unpaired) electrons. The quantitative estimate of drug-likeness (QED) is 0.910. The summed E-state index contributed by atoms with van der Waals surface area (Å²) in [6.45, 7) is 3.58. The summed E-state index contributed by atoms with van der Waals surface area (Å²) in [4.78, 5) is 2.05. The minimum atomic E-state index is 0.125. The first-order chi connectivity index (χ1) is 7.22. The normalized spacial score (nSPS) is 9.73. The molecule has 0 aliphatic heterocycles. The molecule has 0 bridgehead atoms. The average molecular weight is 269 g/mol. The molecule has 15 heavy (non-hydrogen) atoms. The lowest BCUT2D eigenvalue weighted by molar-refractivity contribution is 0.302. The zero-order valence-corrected chi connectivity index (χ0v) is 10.2. The highest BCUT2D eigenvalue weighted by atomic mass is 79.9. The van der Waals surface area contributed by atoms with E-state index in [1.165, 1.54) is 0 Å². The van der Waals surface area contributed by atoms with Gasteiger partial charge in [0.15, 0.2) is 0 Å². The molecular weight excluding hydrogens is 256 g/mol. The third-order valence-electron chi connectivity index (χ3n) is 2.17. The van der Waals surface area contributed by atoms with Gasteiger partial charge < -0.3 is 10.0 Å². The molecule has 0 aliphatic carbocycles. The lowest BCUT2D eigenvalue weighted by atomic mass is 10.2. The van der Waals surface area contributed by atoms with E-state index < -0.39 is 0 Å². The Morgan fingerprint density at radius 1 is 1.53 bits per heavy atom. The molecule has 1 aromatic rings. The van der Waals surface area contributed by atoms with Gasteiger partial charge in [0, 0.05) is 17.6 Å². The molecule has 0 aliphatic rings.